The second-order valence-corrected chi connectivity index (χ2v) is 6.19. The van der Waals surface area contributed by atoms with Crippen molar-refractivity contribution in [3.8, 4) is 0 Å². The molecule has 1 amide bonds. The van der Waals surface area contributed by atoms with E-state index in [1.807, 2.05) is 0 Å². The van der Waals surface area contributed by atoms with Crippen LogP contribution < -0.4 is 5.32 Å². The molecule has 1 aliphatic rings. The molecule has 3 nitrogen and oxygen atoms in total. The van der Waals surface area contributed by atoms with Gasteiger partial charge in [-0.05, 0) is 51.9 Å². The third-order valence-electron chi connectivity index (χ3n) is 3.83. The number of carbonyl (C=O) groups is 1. The van der Waals surface area contributed by atoms with E-state index in [1.165, 1.54) is 31.0 Å². The lowest BCUT2D eigenvalue weighted by molar-refractivity contribution is 0.0898. The first kappa shape index (κ1) is 15.3. The van der Waals surface area contributed by atoms with Crippen LogP contribution in [-0.2, 0) is 0 Å². The van der Waals surface area contributed by atoms with E-state index in [2.05, 4.69) is 24.1 Å². The average Bonchev–Trinajstić information content (AvgIpc) is 2.91. The Balaban J connectivity index is 2.01. The molecule has 1 N–H and O–H groups in total. The molecule has 0 radical (unpaired) electrons. The Labute approximate surface area is 124 Å². The third-order valence-corrected chi connectivity index (χ3v) is 4.15. The first-order valence-corrected chi connectivity index (χ1v) is 7.27. The fraction of sp³-hybridized carbons (Fsp3) is 0.533. The SMILES string of the molecule is CC(C)(CNC(=O)c1c(F)cccc1Cl)N1CCCC1. The number of carbonyl (C=O) groups excluding carboxylic acids is 1. The molecule has 0 bridgehead atoms. The van der Waals surface area contributed by atoms with Gasteiger partial charge in [0.05, 0.1) is 10.6 Å². The quantitative estimate of drug-likeness (QED) is 0.926. The predicted molar refractivity (Wildman–Crippen MR) is 78.6 cm³/mol. The van der Waals surface area contributed by atoms with Crippen LogP contribution in [0.15, 0.2) is 18.2 Å². The topological polar surface area (TPSA) is 32.3 Å². The predicted octanol–water partition coefficient (Wildman–Crippen LogP) is 3.08. The van der Waals surface area contributed by atoms with Gasteiger partial charge in [-0.15, -0.1) is 0 Å². The van der Waals surface area contributed by atoms with E-state index in [9.17, 15) is 9.18 Å². The van der Waals surface area contributed by atoms with Gasteiger partial charge in [-0.25, -0.2) is 4.39 Å². The number of halogens is 2. The van der Waals surface area contributed by atoms with Crippen molar-refractivity contribution in [2.45, 2.75) is 32.2 Å². The summed E-state index contributed by atoms with van der Waals surface area (Å²) in [5, 5.41) is 2.93. The van der Waals surface area contributed by atoms with Gasteiger partial charge in [-0.2, -0.15) is 0 Å². The molecule has 1 aromatic rings. The van der Waals surface area contributed by atoms with Crippen molar-refractivity contribution in [2.75, 3.05) is 19.6 Å². The van der Waals surface area contributed by atoms with Gasteiger partial charge in [-0.3, -0.25) is 9.69 Å². The molecule has 1 saturated heterocycles. The van der Waals surface area contributed by atoms with Crippen molar-refractivity contribution in [3.63, 3.8) is 0 Å². The van der Waals surface area contributed by atoms with Crippen LogP contribution >= 0.6 is 11.6 Å². The zero-order chi connectivity index (χ0) is 14.8. The highest BCUT2D eigenvalue weighted by molar-refractivity contribution is 6.33. The molecular weight excluding hydrogens is 279 g/mol. The van der Waals surface area contributed by atoms with Crippen LogP contribution in [0.5, 0.6) is 0 Å². The average molecular weight is 299 g/mol. The summed E-state index contributed by atoms with van der Waals surface area (Å²) in [7, 11) is 0. The minimum Gasteiger partial charge on any atom is -0.350 e. The van der Waals surface area contributed by atoms with E-state index in [4.69, 9.17) is 11.6 Å². The highest BCUT2D eigenvalue weighted by atomic mass is 35.5. The summed E-state index contributed by atoms with van der Waals surface area (Å²) in [5.41, 5.74) is -0.212. The van der Waals surface area contributed by atoms with Crippen LogP contribution in [0, 0.1) is 5.82 Å². The first-order chi connectivity index (χ1) is 9.42. The van der Waals surface area contributed by atoms with Gasteiger partial charge in [0.25, 0.3) is 5.91 Å². The van der Waals surface area contributed by atoms with Gasteiger partial charge in [0.15, 0.2) is 0 Å². The first-order valence-electron chi connectivity index (χ1n) is 6.89. The molecule has 0 atom stereocenters. The van der Waals surface area contributed by atoms with E-state index < -0.39 is 11.7 Å². The third kappa shape index (κ3) is 3.30. The minimum atomic E-state index is -0.589. The van der Waals surface area contributed by atoms with Crippen LogP contribution in [0.4, 0.5) is 4.39 Å². The van der Waals surface area contributed by atoms with E-state index in [-0.39, 0.29) is 16.1 Å². The Bertz CT molecular complexity index is 478. The molecule has 2 rings (SSSR count). The minimum absolute atomic E-state index is 0.0774. The van der Waals surface area contributed by atoms with E-state index in [0.717, 1.165) is 13.1 Å². The Kier molecular flexibility index (Phi) is 4.66. The van der Waals surface area contributed by atoms with Gasteiger partial charge in [0, 0.05) is 12.1 Å². The largest absolute Gasteiger partial charge is 0.350 e. The smallest absolute Gasteiger partial charge is 0.255 e. The number of hydrogen-bond donors (Lipinski definition) is 1. The summed E-state index contributed by atoms with van der Waals surface area (Å²) in [6.45, 7) is 6.73. The number of benzene rings is 1. The van der Waals surface area contributed by atoms with Gasteiger partial charge in [-0.1, -0.05) is 17.7 Å². The number of rotatable bonds is 4. The van der Waals surface area contributed by atoms with Crippen molar-refractivity contribution in [1.29, 1.82) is 0 Å². The monoisotopic (exact) mass is 298 g/mol. The maximum Gasteiger partial charge on any atom is 0.255 e. The molecule has 0 unspecified atom stereocenters. The molecule has 0 aliphatic carbocycles. The maximum absolute atomic E-state index is 13.7. The zero-order valence-corrected chi connectivity index (χ0v) is 12.6. The van der Waals surface area contributed by atoms with Crippen LogP contribution in [0.3, 0.4) is 0 Å². The second kappa shape index (κ2) is 6.10. The number of amides is 1. The second-order valence-electron chi connectivity index (χ2n) is 5.79. The summed E-state index contributed by atoms with van der Waals surface area (Å²) in [6.07, 6.45) is 2.38. The molecule has 20 heavy (non-hydrogen) atoms. The molecular formula is C15H20ClFN2O. The van der Waals surface area contributed by atoms with Gasteiger partial charge in [0.1, 0.15) is 5.82 Å². The molecule has 0 aromatic heterocycles. The number of hydrogen-bond acceptors (Lipinski definition) is 2. The molecule has 1 aliphatic heterocycles. The molecule has 1 heterocycles. The van der Waals surface area contributed by atoms with Crippen LogP contribution in [0.2, 0.25) is 5.02 Å². The lowest BCUT2D eigenvalue weighted by atomic mass is 10.0. The van der Waals surface area contributed by atoms with Crippen LogP contribution in [-0.4, -0.2) is 36.0 Å². The summed E-state index contributed by atoms with van der Waals surface area (Å²) >= 11 is 5.89. The van der Waals surface area contributed by atoms with Crippen LogP contribution in [0.1, 0.15) is 37.0 Å². The molecule has 0 saturated carbocycles. The summed E-state index contributed by atoms with van der Waals surface area (Å²) in [5.74, 6) is -1.05. The lowest BCUT2D eigenvalue weighted by Gasteiger charge is -2.35. The molecule has 1 fully saturated rings. The zero-order valence-electron chi connectivity index (χ0n) is 11.9. The molecule has 0 spiro atoms. The fourth-order valence-electron chi connectivity index (χ4n) is 2.53. The van der Waals surface area contributed by atoms with Crippen molar-refractivity contribution < 1.29 is 9.18 Å². The van der Waals surface area contributed by atoms with Crippen molar-refractivity contribution in [1.82, 2.24) is 10.2 Å². The Morgan fingerprint density at radius 2 is 2.05 bits per heavy atom. The van der Waals surface area contributed by atoms with Crippen molar-refractivity contribution in [2.24, 2.45) is 0 Å². The fourth-order valence-corrected chi connectivity index (χ4v) is 2.78. The molecule has 110 valence electrons. The summed E-state index contributed by atoms with van der Waals surface area (Å²) in [6, 6.07) is 4.25. The maximum atomic E-state index is 13.7. The standard InChI is InChI=1S/C15H20ClFN2O/c1-15(2,19-8-3-4-9-19)10-18-14(20)13-11(16)6-5-7-12(13)17/h5-7H,3-4,8-10H2,1-2H3,(H,18,20). The van der Waals surface area contributed by atoms with E-state index >= 15 is 0 Å². The Morgan fingerprint density at radius 1 is 1.40 bits per heavy atom. The highest BCUT2D eigenvalue weighted by Crippen LogP contribution is 2.22. The van der Waals surface area contributed by atoms with Crippen LogP contribution in [0.25, 0.3) is 0 Å². The van der Waals surface area contributed by atoms with Gasteiger partial charge < -0.3 is 5.32 Å². The van der Waals surface area contributed by atoms with Crippen molar-refractivity contribution in [3.05, 3.63) is 34.6 Å². The van der Waals surface area contributed by atoms with Gasteiger partial charge >= 0.3 is 0 Å². The Morgan fingerprint density at radius 3 is 2.65 bits per heavy atom. The van der Waals surface area contributed by atoms with Crippen molar-refractivity contribution >= 4 is 17.5 Å². The van der Waals surface area contributed by atoms with E-state index in [0.29, 0.717) is 6.54 Å². The van der Waals surface area contributed by atoms with E-state index in [1.54, 1.807) is 0 Å². The summed E-state index contributed by atoms with van der Waals surface area (Å²) < 4.78 is 13.7. The number of nitrogens with one attached hydrogen (secondary N) is 1. The number of nitrogens with zero attached hydrogens (tertiary/aromatic N) is 1. The Hall–Kier alpha value is -1.13. The summed E-state index contributed by atoms with van der Waals surface area (Å²) in [4.78, 5) is 14.4. The lowest BCUT2D eigenvalue weighted by Crippen LogP contribution is -2.50. The number of likely N-dealkylation sites (tertiary alicyclic amines) is 1. The highest BCUT2D eigenvalue weighted by Gasteiger charge is 2.29. The molecule has 1 aromatic carbocycles. The normalized spacial score (nSPS) is 16.4. The van der Waals surface area contributed by atoms with Gasteiger partial charge in [0.2, 0.25) is 0 Å². The molecule has 5 heteroatoms.